The molecule has 5 amide bonds. The van der Waals surface area contributed by atoms with Crippen molar-refractivity contribution in [3.05, 3.63) is 76.9 Å². The van der Waals surface area contributed by atoms with Crippen molar-refractivity contribution in [3.63, 3.8) is 0 Å². The lowest BCUT2D eigenvalue weighted by atomic mass is 9.88. The van der Waals surface area contributed by atoms with Gasteiger partial charge in [-0.1, -0.05) is 60.2 Å². The first-order valence-corrected chi connectivity index (χ1v) is 11.4. The lowest BCUT2D eigenvalue weighted by Gasteiger charge is -2.24. The van der Waals surface area contributed by atoms with Gasteiger partial charge in [0, 0.05) is 5.69 Å². The van der Waals surface area contributed by atoms with Crippen molar-refractivity contribution in [1.82, 2.24) is 15.5 Å². The number of benzene rings is 3. The molecule has 0 bridgehead atoms. The Morgan fingerprint density at radius 2 is 1.60 bits per heavy atom. The van der Waals surface area contributed by atoms with Gasteiger partial charge < -0.3 is 16.0 Å². The highest BCUT2D eigenvalue weighted by atomic mass is 16.2. The molecule has 1 unspecified atom stereocenters. The molecular weight excluding hydrogens is 444 g/mol. The molecule has 3 N–H and O–H groups in total. The van der Waals surface area contributed by atoms with E-state index in [1.54, 1.807) is 13.0 Å². The normalized spacial score (nSPS) is 17.4. The molecule has 0 spiro atoms. The van der Waals surface area contributed by atoms with Crippen molar-refractivity contribution in [3.8, 4) is 0 Å². The molecule has 0 radical (unpaired) electrons. The third kappa shape index (κ3) is 4.59. The minimum absolute atomic E-state index is 0.282. The molecular formula is C27H28N4O4. The molecule has 1 saturated heterocycles. The van der Waals surface area contributed by atoms with Gasteiger partial charge >= 0.3 is 6.03 Å². The van der Waals surface area contributed by atoms with Crippen LogP contribution >= 0.6 is 0 Å². The molecule has 3 aromatic rings. The van der Waals surface area contributed by atoms with Crippen molar-refractivity contribution in [2.75, 3.05) is 18.4 Å². The van der Waals surface area contributed by atoms with Crippen molar-refractivity contribution in [2.45, 2.75) is 33.2 Å². The number of hydrogen-bond donors (Lipinski definition) is 3. The molecule has 0 aromatic heterocycles. The van der Waals surface area contributed by atoms with Crippen LogP contribution in [0.2, 0.25) is 0 Å². The number of fused-ring (bicyclic) bond motifs is 1. The summed E-state index contributed by atoms with van der Waals surface area (Å²) >= 11 is 0. The SMILES string of the molecule is Cc1cc(C)c(NC(=O)CNC(=O)CN2C(=O)NC(C)(c3cccc4ccccc34)C2=O)c(C)c1. The summed E-state index contributed by atoms with van der Waals surface area (Å²) in [6.07, 6.45) is 0. The minimum atomic E-state index is -1.31. The summed E-state index contributed by atoms with van der Waals surface area (Å²) in [5.74, 6) is -1.53. The molecule has 1 aliphatic rings. The van der Waals surface area contributed by atoms with E-state index in [1.165, 1.54) is 0 Å². The van der Waals surface area contributed by atoms with E-state index in [4.69, 9.17) is 0 Å². The monoisotopic (exact) mass is 472 g/mol. The van der Waals surface area contributed by atoms with E-state index in [2.05, 4.69) is 16.0 Å². The van der Waals surface area contributed by atoms with Crippen LogP contribution in [0.5, 0.6) is 0 Å². The van der Waals surface area contributed by atoms with Crippen LogP contribution in [0.15, 0.2) is 54.6 Å². The Bertz CT molecular complexity index is 1340. The zero-order chi connectivity index (χ0) is 25.3. The fraction of sp³-hybridized carbons (Fsp3) is 0.259. The van der Waals surface area contributed by atoms with Crippen molar-refractivity contribution >= 4 is 40.2 Å². The molecule has 8 heteroatoms. The van der Waals surface area contributed by atoms with Gasteiger partial charge in [0.05, 0.1) is 6.54 Å². The average Bonchev–Trinajstić information content (AvgIpc) is 3.03. The quantitative estimate of drug-likeness (QED) is 0.479. The van der Waals surface area contributed by atoms with Gasteiger partial charge in [0.15, 0.2) is 0 Å². The fourth-order valence-corrected chi connectivity index (χ4v) is 4.62. The molecule has 0 saturated carbocycles. The third-order valence-corrected chi connectivity index (χ3v) is 6.29. The Labute approximate surface area is 203 Å². The summed E-state index contributed by atoms with van der Waals surface area (Å²) in [4.78, 5) is 51.7. The number of imide groups is 1. The summed E-state index contributed by atoms with van der Waals surface area (Å²) in [6.45, 7) is 6.65. The van der Waals surface area contributed by atoms with E-state index in [-0.39, 0.29) is 6.54 Å². The maximum absolute atomic E-state index is 13.3. The first-order valence-electron chi connectivity index (χ1n) is 11.4. The number of anilines is 1. The Morgan fingerprint density at radius 1 is 0.943 bits per heavy atom. The lowest BCUT2D eigenvalue weighted by Crippen LogP contribution is -2.44. The van der Waals surface area contributed by atoms with Gasteiger partial charge in [-0.3, -0.25) is 19.3 Å². The van der Waals surface area contributed by atoms with Gasteiger partial charge in [0.2, 0.25) is 11.8 Å². The van der Waals surface area contributed by atoms with Crippen molar-refractivity contribution in [1.29, 1.82) is 0 Å². The lowest BCUT2D eigenvalue weighted by molar-refractivity contribution is -0.134. The van der Waals surface area contributed by atoms with E-state index >= 15 is 0 Å². The van der Waals surface area contributed by atoms with Gasteiger partial charge in [0.1, 0.15) is 12.1 Å². The number of carbonyl (C=O) groups excluding carboxylic acids is 4. The average molecular weight is 473 g/mol. The summed E-state index contributed by atoms with van der Waals surface area (Å²) in [6, 6.07) is 16.4. The predicted molar refractivity (Wildman–Crippen MR) is 134 cm³/mol. The third-order valence-electron chi connectivity index (χ3n) is 6.29. The fourth-order valence-electron chi connectivity index (χ4n) is 4.62. The maximum Gasteiger partial charge on any atom is 0.325 e. The number of amides is 5. The molecule has 3 aromatic carbocycles. The van der Waals surface area contributed by atoms with Crippen LogP contribution in [-0.2, 0) is 19.9 Å². The van der Waals surface area contributed by atoms with Crippen LogP contribution in [0.3, 0.4) is 0 Å². The second-order valence-electron chi connectivity index (χ2n) is 9.07. The molecule has 1 aliphatic heterocycles. The number of rotatable bonds is 6. The molecule has 1 atom stereocenters. The van der Waals surface area contributed by atoms with E-state index in [0.29, 0.717) is 11.3 Å². The number of urea groups is 1. The van der Waals surface area contributed by atoms with Crippen LogP contribution in [0, 0.1) is 20.8 Å². The Kier molecular flexibility index (Phi) is 6.30. The van der Waals surface area contributed by atoms with Crippen LogP contribution in [0.25, 0.3) is 10.8 Å². The highest BCUT2D eigenvalue weighted by molar-refractivity contribution is 6.11. The van der Waals surface area contributed by atoms with E-state index < -0.39 is 35.8 Å². The Morgan fingerprint density at radius 3 is 2.31 bits per heavy atom. The second-order valence-corrected chi connectivity index (χ2v) is 9.07. The van der Waals surface area contributed by atoms with Crippen LogP contribution < -0.4 is 16.0 Å². The van der Waals surface area contributed by atoms with E-state index in [9.17, 15) is 19.2 Å². The first-order chi connectivity index (χ1) is 16.6. The molecule has 0 aliphatic carbocycles. The molecule has 1 heterocycles. The van der Waals surface area contributed by atoms with Gasteiger partial charge in [-0.2, -0.15) is 0 Å². The van der Waals surface area contributed by atoms with Crippen LogP contribution in [-0.4, -0.2) is 41.7 Å². The zero-order valence-electron chi connectivity index (χ0n) is 20.2. The second kappa shape index (κ2) is 9.21. The topological polar surface area (TPSA) is 108 Å². The summed E-state index contributed by atoms with van der Waals surface area (Å²) in [5, 5.41) is 9.82. The van der Waals surface area contributed by atoms with Crippen LogP contribution in [0.4, 0.5) is 10.5 Å². The Hall–Kier alpha value is -4.20. The number of nitrogens with zero attached hydrogens (tertiary/aromatic N) is 1. The summed E-state index contributed by atoms with van der Waals surface area (Å²) in [7, 11) is 0. The van der Waals surface area contributed by atoms with Gasteiger partial charge in [-0.15, -0.1) is 0 Å². The molecule has 8 nitrogen and oxygen atoms in total. The van der Waals surface area contributed by atoms with Gasteiger partial charge in [-0.25, -0.2) is 4.79 Å². The number of nitrogens with one attached hydrogen (secondary N) is 3. The number of aryl methyl sites for hydroxylation is 3. The first kappa shape index (κ1) is 23.9. The van der Waals surface area contributed by atoms with Gasteiger partial charge in [0.25, 0.3) is 5.91 Å². The highest BCUT2D eigenvalue weighted by Crippen LogP contribution is 2.33. The zero-order valence-corrected chi connectivity index (χ0v) is 20.2. The molecule has 180 valence electrons. The number of carbonyl (C=O) groups is 4. The number of hydrogen-bond acceptors (Lipinski definition) is 4. The largest absolute Gasteiger partial charge is 0.345 e. The molecule has 35 heavy (non-hydrogen) atoms. The van der Waals surface area contributed by atoms with Crippen LogP contribution in [0.1, 0.15) is 29.2 Å². The highest BCUT2D eigenvalue weighted by Gasteiger charge is 2.50. The van der Waals surface area contributed by atoms with Gasteiger partial charge in [-0.05, 0) is 55.2 Å². The summed E-state index contributed by atoms with van der Waals surface area (Å²) < 4.78 is 0. The summed E-state index contributed by atoms with van der Waals surface area (Å²) in [5.41, 5.74) is 2.99. The van der Waals surface area contributed by atoms with Crippen molar-refractivity contribution < 1.29 is 19.2 Å². The maximum atomic E-state index is 13.3. The Balaban J connectivity index is 1.41. The smallest absolute Gasteiger partial charge is 0.325 e. The molecule has 4 rings (SSSR count). The van der Waals surface area contributed by atoms with E-state index in [0.717, 1.165) is 32.4 Å². The minimum Gasteiger partial charge on any atom is -0.345 e. The van der Waals surface area contributed by atoms with Crippen molar-refractivity contribution in [2.24, 2.45) is 0 Å². The van der Waals surface area contributed by atoms with E-state index in [1.807, 2.05) is 69.3 Å². The predicted octanol–water partition coefficient (Wildman–Crippen LogP) is 3.29. The molecule has 1 fully saturated rings. The standard InChI is InChI=1S/C27H28N4O4/c1-16-12-17(2)24(18(3)13-16)29-22(32)14-28-23(33)15-31-25(34)27(4,30-26(31)35)21-11-7-9-19-8-5-6-10-20(19)21/h5-13H,14-15H2,1-4H3,(H,28,33)(H,29,32)(H,30,35).